The zero-order valence-corrected chi connectivity index (χ0v) is 12.8. The SMILES string of the molecule is CCCN1CCN(Cc2ccc(F)cc2Br)C(=O)C1=O. The number of carbonyl (C=O) groups excluding carboxylic acids is 2. The molecule has 2 amide bonds. The number of piperazine rings is 1. The van der Waals surface area contributed by atoms with Crippen LogP contribution in [0.5, 0.6) is 0 Å². The molecule has 1 aliphatic rings. The molecule has 0 bridgehead atoms. The van der Waals surface area contributed by atoms with Gasteiger partial charge in [0.25, 0.3) is 0 Å². The number of hydrogen-bond acceptors (Lipinski definition) is 2. The first-order chi connectivity index (χ1) is 9.52. The summed E-state index contributed by atoms with van der Waals surface area (Å²) < 4.78 is 13.6. The molecule has 0 radical (unpaired) electrons. The minimum absolute atomic E-state index is 0.311. The summed E-state index contributed by atoms with van der Waals surface area (Å²) in [5.74, 6) is -1.27. The normalized spacial score (nSPS) is 15.9. The van der Waals surface area contributed by atoms with Crippen LogP contribution in [0.25, 0.3) is 0 Å². The fourth-order valence-corrected chi connectivity index (χ4v) is 2.68. The van der Waals surface area contributed by atoms with Gasteiger partial charge in [-0.3, -0.25) is 9.59 Å². The standard InChI is InChI=1S/C14H16BrFN2O2/c1-2-5-17-6-7-18(14(20)13(17)19)9-10-3-4-11(16)8-12(10)15/h3-4,8H,2,5-7,9H2,1H3. The first-order valence-electron chi connectivity index (χ1n) is 6.55. The Kier molecular flexibility index (Phi) is 4.75. The molecule has 1 saturated heterocycles. The number of rotatable bonds is 4. The Morgan fingerprint density at radius 3 is 2.50 bits per heavy atom. The van der Waals surface area contributed by atoms with Crippen LogP contribution >= 0.6 is 15.9 Å². The number of halogens is 2. The summed E-state index contributed by atoms with van der Waals surface area (Å²) >= 11 is 3.27. The summed E-state index contributed by atoms with van der Waals surface area (Å²) in [6, 6.07) is 4.32. The highest BCUT2D eigenvalue weighted by Crippen LogP contribution is 2.20. The molecule has 6 heteroatoms. The molecule has 1 aromatic rings. The van der Waals surface area contributed by atoms with Crippen LogP contribution in [0.3, 0.4) is 0 Å². The topological polar surface area (TPSA) is 40.6 Å². The monoisotopic (exact) mass is 342 g/mol. The van der Waals surface area contributed by atoms with Gasteiger partial charge in [0.15, 0.2) is 0 Å². The highest BCUT2D eigenvalue weighted by molar-refractivity contribution is 9.10. The van der Waals surface area contributed by atoms with Crippen LogP contribution < -0.4 is 0 Å². The van der Waals surface area contributed by atoms with Gasteiger partial charge >= 0.3 is 11.8 Å². The lowest BCUT2D eigenvalue weighted by Crippen LogP contribution is -2.53. The van der Waals surface area contributed by atoms with Crippen molar-refractivity contribution in [3.8, 4) is 0 Å². The van der Waals surface area contributed by atoms with Crippen molar-refractivity contribution in [3.05, 3.63) is 34.1 Å². The Hall–Kier alpha value is -1.43. The molecule has 1 fully saturated rings. The molecule has 20 heavy (non-hydrogen) atoms. The van der Waals surface area contributed by atoms with Crippen LogP contribution in [0.1, 0.15) is 18.9 Å². The number of hydrogen-bond donors (Lipinski definition) is 0. The largest absolute Gasteiger partial charge is 0.333 e. The number of benzene rings is 1. The van der Waals surface area contributed by atoms with Gasteiger partial charge in [-0.1, -0.05) is 28.9 Å². The molecule has 0 aliphatic carbocycles. The molecule has 0 unspecified atom stereocenters. The van der Waals surface area contributed by atoms with Crippen LogP contribution in [0, 0.1) is 5.82 Å². The maximum Gasteiger partial charge on any atom is 0.312 e. The molecular formula is C14H16BrFN2O2. The third kappa shape index (κ3) is 3.17. The fraction of sp³-hybridized carbons (Fsp3) is 0.429. The van der Waals surface area contributed by atoms with E-state index in [0.717, 1.165) is 12.0 Å². The van der Waals surface area contributed by atoms with Crippen LogP contribution in [0.4, 0.5) is 4.39 Å². The Morgan fingerprint density at radius 2 is 1.85 bits per heavy atom. The van der Waals surface area contributed by atoms with Crippen molar-refractivity contribution in [2.75, 3.05) is 19.6 Å². The van der Waals surface area contributed by atoms with Gasteiger partial charge in [-0.2, -0.15) is 0 Å². The van der Waals surface area contributed by atoms with Gasteiger partial charge in [-0.25, -0.2) is 4.39 Å². The van der Waals surface area contributed by atoms with Crippen LogP contribution in [-0.2, 0) is 16.1 Å². The second-order valence-corrected chi connectivity index (χ2v) is 5.61. The van der Waals surface area contributed by atoms with E-state index in [0.29, 0.717) is 30.7 Å². The van der Waals surface area contributed by atoms with E-state index in [9.17, 15) is 14.0 Å². The van der Waals surface area contributed by atoms with Crippen molar-refractivity contribution < 1.29 is 14.0 Å². The molecular weight excluding hydrogens is 327 g/mol. The molecule has 2 rings (SSSR count). The van der Waals surface area contributed by atoms with Crippen molar-refractivity contribution in [2.45, 2.75) is 19.9 Å². The maximum absolute atomic E-state index is 13.0. The summed E-state index contributed by atoms with van der Waals surface area (Å²) in [4.78, 5) is 27.0. The first kappa shape index (κ1) is 15.0. The summed E-state index contributed by atoms with van der Waals surface area (Å²) in [5, 5.41) is 0. The van der Waals surface area contributed by atoms with Crippen LogP contribution in [0.15, 0.2) is 22.7 Å². The predicted octanol–water partition coefficient (Wildman–Crippen LogP) is 2.17. The van der Waals surface area contributed by atoms with Gasteiger partial charge in [0.1, 0.15) is 5.82 Å². The molecule has 108 valence electrons. The van der Waals surface area contributed by atoms with E-state index in [1.165, 1.54) is 17.0 Å². The minimum Gasteiger partial charge on any atom is -0.333 e. The van der Waals surface area contributed by atoms with Crippen molar-refractivity contribution in [1.29, 1.82) is 0 Å². The summed E-state index contributed by atoms with van der Waals surface area (Å²) in [6.07, 6.45) is 0.836. The summed E-state index contributed by atoms with van der Waals surface area (Å²) in [5.41, 5.74) is 0.788. The van der Waals surface area contributed by atoms with E-state index in [1.54, 1.807) is 11.0 Å². The molecule has 0 atom stereocenters. The Bertz CT molecular complexity index is 536. The van der Waals surface area contributed by atoms with Crippen molar-refractivity contribution in [2.24, 2.45) is 0 Å². The zero-order chi connectivity index (χ0) is 14.7. The third-order valence-electron chi connectivity index (χ3n) is 3.27. The Labute approximate surface area is 125 Å². The van der Waals surface area contributed by atoms with Crippen molar-refractivity contribution in [3.63, 3.8) is 0 Å². The van der Waals surface area contributed by atoms with Gasteiger partial charge in [0, 0.05) is 30.7 Å². The Morgan fingerprint density at radius 1 is 1.20 bits per heavy atom. The van der Waals surface area contributed by atoms with E-state index >= 15 is 0 Å². The van der Waals surface area contributed by atoms with Crippen LogP contribution in [-0.4, -0.2) is 41.2 Å². The van der Waals surface area contributed by atoms with Crippen LogP contribution in [0.2, 0.25) is 0 Å². The van der Waals surface area contributed by atoms with Gasteiger partial charge in [0.2, 0.25) is 0 Å². The fourth-order valence-electron chi connectivity index (χ4n) is 2.20. The number of carbonyl (C=O) groups is 2. The van der Waals surface area contributed by atoms with Gasteiger partial charge in [-0.05, 0) is 24.1 Å². The predicted molar refractivity (Wildman–Crippen MR) is 76.4 cm³/mol. The highest BCUT2D eigenvalue weighted by atomic mass is 79.9. The molecule has 4 nitrogen and oxygen atoms in total. The average molecular weight is 343 g/mol. The summed E-state index contributed by atoms with van der Waals surface area (Å²) in [7, 11) is 0. The number of nitrogens with zero attached hydrogens (tertiary/aromatic N) is 2. The molecule has 0 saturated carbocycles. The van der Waals surface area contributed by atoms with Gasteiger partial charge < -0.3 is 9.80 Å². The lowest BCUT2D eigenvalue weighted by molar-refractivity contribution is -0.156. The quantitative estimate of drug-likeness (QED) is 0.787. The maximum atomic E-state index is 13.0. The third-order valence-corrected chi connectivity index (χ3v) is 4.01. The first-order valence-corrected chi connectivity index (χ1v) is 7.34. The lowest BCUT2D eigenvalue weighted by atomic mass is 10.2. The van der Waals surface area contributed by atoms with Crippen molar-refractivity contribution in [1.82, 2.24) is 9.80 Å². The zero-order valence-electron chi connectivity index (χ0n) is 11.2. The second-order valence-electron chi connectivity index (χ2n) is 4.75. The van der Waals surface area contributed by atoms with Gasteiger partial charge in [0.05, 0.1) is 0 Å². The van der Waals surface area contributed by atoms with E-state index in [2.05, 4.69) is 15.9 Å². The molecule has 1 aromatic carbocycles. The van der Waals surface area contributed by atoms with E-state index in [-0.39, 0.29) is 5.82 Å². The van der Waals surface area contributed by atoms with Gasteiger partial charge in [-0.15, -0.1) is 0 Å². The molecule has 0 aromatic heterocycles. The molecule has 0 spiro atoms. The summed E-state index contributed by atoms with van der Waals surface area (Å²) in [6.45, 7) is 3.95. The molecule has 1 heterocycles. The second kappa shape index (κ2) is 6.35. The average Bonchev–Trinajstić information content (AvgIpc) is 2.41. The van der Waals surface area contributed by atoms with E-state index in [1.807, 2.05) is 6.92 Å². The highest BCUT2D eigenvalue weighted by Gasteiger charge is 2.32. The van der Waals surface area contributed by atoms with E-state index in [4.69, 9.17) is 0 Å². The smallest absolute Gasteiger partial charge is 0.312 e. The van der Waals surface area contributed by atoms with E-state index < -0.39 is 11.8 Å². The Balaban J connectivity index is 2.07. The lowest BCUT2D eigenvalue weighted by Gasteiger charge is -2.33. The van der Waals surface area contributed by atoms with Crippen molar-refractivity contribution >= 4 is 27.7 Å². The molecule has 0 N–H and O–H groups in total. The minimum atomic E-state index is -0.485. The number of amides is 2. The molecule has 1 aliphatic heterocycles.